The van der Waals surface area contributed by atoms with Crippen LogP contribution < -0.4 is 10.1 Å². The maximum absolute atomic E-state index is 12.8. The van der Waals surface area contributed by atoms with Crippen molar-refractivity contribution in [2.75, 3.05) is 11.9 Å². The van der Waals surface area contributed by atoms with Crippen LogP contribution in [0.5, 0.6) is 5.75 Å². The van der Waals surface area contributed by atoms with Gasteiger partial charge in [-0.3, -0.25) is 4.79 Å². The largest absolute Gasteiger partial charge is 0.491 e. The van der Waals surface area contributed by atoms with E-state index < -0.39 is 18.0 Å². The number of rotatable bonds is 6. The standard InChI is InChI=1S/C19H18F2N4O2/c1-2-27-16-8-17-23-14(11-6-7-11)9-25(17)10-15(16)24-19(26)13-5-3-4-12(22-13)18(20)21/h3-5,8-11,18H,2,6-7H2,1H3,(H,24,26). The molecule has 4 rings (SSSR count). The molecule has 1 aliphatic carbocycles. The van der Waals surface area contributed by atoms with E-state index in [2.05, 4.69) is 15.3 Å². The van der Waals surface area contributed by atoms with Crippen molar-refractivity contribution in [2.45, 2.75) is 32.1 Å². The number of nitrogens with zero attached hydrogens (tertiary/aromatic N) is 3. The molecule has 3 aromatic rings. The third-order valence-electron chi connectivity index (χ3n) is 4.34. The van der Waals surface area contributed by atoms with E-state index in [0.29, 0.717) is 24.0 Å². The summed E-state index contributed by atoms with van der Waals surface area (Å²) in [6.07, 6.45) is 3.19. The van der Waals surface area contributed by atoms with Crippen molar-refractivity contribution in [1.82, 2.24) is 14.4 Å². The van der Waals surface area contributed by atoms with Crippen LogP contribution in [0.2, 0.25) is 0 Å². The molecule has 8 heteroatoms. The van der Waals surface area contributed by atoms with Crippen LogP contribution in [0, 0.1) is 0 Å². The van der Waals surface area contributed by atoms with Gasteiger partial charge >= 0.3 is 0 Å². The molecule has 0 aromatic carbocycles. The smallest absolute Gasteiger partial charge is 0.280 e. The minimum atomic E-state index is -2.74. The third-order valence-corrected chi connectivity index (χ3v) is 4.34. The highest BCUT2D eigenvalue weighted by molar-refractivity contribution is 6.03. The number of alkyl halides is 2. The summed E-state index contributed by atoms with van der Waals surface area (Å²) in [6, 6.07) is 5.72. The highest BCUT2D eigenvalue weighted by atomic mass is 19.3. The molecule has 0 bridgehead atoms. The highest BCUT2D eigenvalue weighted by Crippen LogP contribution is 2.40. The van der Waals surface area contributed by atoms with Crippen LogP contribution in [0.25, 0.3) is 5.65 Å². The Morgan fingerprint density at radius 1 is 1.33 bits per heavy atom. The first-order valence-electron chi connectivity index (χ1n) is 8.77. The van der Waals surface area contributed by atoms with Gasteiger partial charge in [0.2, 0.25) is 0 Å². The summed E-state index contributed by atoms with van der Waals surface area (Å²) < 4.78 is 33.1. The van der Waals surface area contributed by atoms with Gasteiger partial charge in [0.25, 0.3) is 12.3 Å². The number of pyridine rings is 2. The number of halogens is 2. The van der Waals surface area contributed by atoms with Crippen LogP contribution in [-0.4, -0.2) is 26.9 Å². The van der Waals surface area contributed by atoms with Gasteiger partial charge < -0.3 is 14.5 Å². The Morgan fingerprint density at radius 2 is 2.15 bits per heavy atom. The number of fused-ring (bicyclic) bond motifs is 1. The van der Waals surface area contributed by atoms with E-state index in [4.69, 9.17) is 4.74 Å². The van der Waals surface area contributed by atoms with Gasteiger partial charge in [0, 0.05) is 24.4 Å². The predicted molar refractivity (Wildman–Crippen MR) is 95.5 cm³/mol. The average Bonchev–Trinajstić information content (AvgIpc) is 3.43. The van der Waals surface area contributed by atoms with E-state index in [0.717, 1.165) is 24.2 Å². The Balaban J connectivity index is 1.65. The number of anilines is 1. The second kappa shape index (κ2) is 6.94. The number of carbonyl (C=O) groups is 1. The lowest BCUT2D eigenvalue weighted by Gasteiger charge is -2.12. The van der Waals surface area contributed by atoms with Gasteiger partial charge in [0.05, 0.1) is 12.3 Å². The lowest BCUT2D eigenvalue weighted by Crippen LogP contribution is -2.16. The zero-order valence-corrected chi connectivity index (χ0v) is 14.7. The molecule has 140 valence electrons. The van der Waals surface area contributed by atoms with Crippen LogP contribution in [0.3, 0.4) is 0 Å². The SMILES string of the molecule is CCOc1cc2nc(C3CC3)cn2cc1NC(=O)c1cccc(C(F)F)n1. The summed E-state index contributed by atoms with van der Waals surface area (Å²) in [7, 11) is 0. The summed E-state index contributed by atoms with van der Waals surface area (Å²) in [5.41, 5.74) is 1.66. The summed E-state index contributed by atoms with van der Waals surface area (Å²) in [4.78, 5) is 20.8. The van der Waals surface area contributed by atoms with Crippen LogP contribution in [0.15, 0.2) is 36.7 Å². The lowest BCUT2D eigenvalue weighted by molar-refractivity contribution is 0.101. The fraction of sp³-hybridized carbons (Fsp3) is 0.316. The molecule has 1 amide bonds. The molecule has 1 aliphatic rings. The topological polar surface area (TPSA) is 68.5 Å². The summed E-state index contributed by atoms with van der Waals surface area (Å²) >= 11 is 0. The molecule has 27 heavy (non-hydrogen) atoms. The molecule has 1 saturated carbocycles. The Bertz CT molecular complexity index is 999. The Hall–Kier alpha value is -3.03. The first kappa shape index (κ1) is 17.4. The van der Waals surface area contributed by atoms with Crippen LogP contribution >= 0.6 is 0 Å². The van der Waals surface area contributed by atoms with E-state index in [9.17, 15) is 13.6 Å². The Labute approximate surface area is 154 Å². The summed E-state index contributed by atoms with van der Waals surface area (Å²) in [5.74, 6) is 0.386. The highest BCUT2D eigenvalue weighted by Gasteiger charge is 2.26. The second-order valence-corrected chi connectivity index (χ2v) is 6.39. The van der Waals surface area contributed by atoms with Gasteiger partial charge in [-0.2, -0.15) is 0 Å². The number of nitrogens with one attached hydrogen (secondary N) is 1. The van der Waals surface area contributed by atoms with Crippen LogP contribution in [-0.2, 0) is 0 Å². The number of imidazole rings is 1. The number of amides is 1. The van der Waals surface area contributed by atoms with Gasteiger partial charge in [-0.25, -0.2) is 18.7 Å². The van der Waals surface area contributed by atoms with Crippen molar-refractivity contribution < 1.29 is 18.3 Å². The number of aromatic nitrogens is 3. The first-order valence-corrected chi connectivity index (χ1v) is 8.77. The zero-order valence-electron chi connectivity index (χ0n) is 14.7. The van der Waals surface area contributed by atoms with Crippen molar-refractivity contribution >= 4 is 17.2 Å². The maximum Gasteiger partial charge on any atom is 0.280 e. The van der Waals surface area contributed by atoms with E-state index in [1.54, 1.807) is 12.3 Å². The van der Waals surface area contributed by atoms with Gasteiger partial charge in [0.15, 0.2) is 0 Å². The van der Waals surface area contributed by atoms with Gasteiger partial charge in [-0.15, -0.1) is 0 Å². The van der Waals surface area contributed by atoms with Gasteiger partial charge in [-0.1, -0.05) is 6.07 Å². The van der Waals surface area contributed by atoms with Crippen LogP contribution in [0.4, 0.5) is 14.5 Å². The van der Waals surface area contributed by atoms with Crippen molar-refractivity contribution in [3.05, 3.63) is 53.7 Å². The van der Waals surface area contributed by atoms with Crippen molar-refractivity contribution in [3.63, 3.8) is 0 Å². The Kier molecular flexibility index (Phi) is 4.47. The molecule has 6 nitrogen and oxygen atoms in total. The fourth-order valence-corrected chi connectivity index (χ4v) is 2.87. The molecule has 0 saturated heterocycles. The molecular weight excluding hydrogens is 354 g/mol. The number of hydrogen-bond acceptors (Lipinski definition) is 4. The quantitative estimate of drug-likeness (QED) is 0.704. The normalized spacial score (nSPS) is 13.9. The minimum absolute atomic E-state index is 0.0837. The molecule has 0 aliphatic heterocycles. The third kappa shape index (κ3) is 3.60. The Morgan fingerprint density at radius 3 is 2.85 bits per heavy atom. The first-order chi connectivity index (χ1) is 13.0. The minimum Gasteiger partial charge on any atom is -0.491 e. The fourth-order valence-electron chi connectivity index (χ4n) is 2.87. The molecule has 1 N–H and O–H groups in total. The van der Waals surface area contributed by atoms with E-state index in [-0.39, 0.29) is 5.69 Å². The predicted octanol–water partition coefficient (Wildman–Crippen LogP) is 4.20. The summed E-state index contributed by atoms with van der Waals surface area (Å²) in [6.45, 7) is 2.25. The molecule has 0 spiro atoms. The molecule has 0 radical (unpaired) electrons. The zero-order chi connectivity index (χ0) is 19.0. The molecule has 0 atom stereocenters. The lowest BCUT2D eigenvalue weighted by atomic mass is 10.2. The molecule has 3 aromatic heterocycles. The maximum atomic E-state index is 12.8. The van der Waals surface area contributed by atoms with Crippen molar-refractivity contribution in [2.24, 2.45) is 0 Å². The molecule has 0 unspecified atom stereocenters. The van der Waals surface area contributed by atoms with Crippen LogP contribution in [0.1, 0.15) is 54.0 Å². The molecule has 3 heterocycles. The van der Waals surface area contributed by atoms with E-state index in [1.165, 1.54) is 18.2 Å². The second-order valence-electron chi connectivity index (χ2n) is 6.39. The van der Waals surface area contributed by atoms with E-state index >= 15 is 0 Å². The summed E-state index contributed by atoms with van der Waals surface area (Å²) in [5, 5.41) is 2.70. The van der Waals surface area contributed by atoms with Gasteiger partial charge in [-0.05, 0) is 31.9 Å². The van der Waals surface area contributed by atoms with Gasteiger partial charge in [0.1, 0.15) is 28.5 Å². The molecular formula is C19H18F2N4O2. The number of carbonyl (C=O) groups excluding carboxylic acids is 1. The number of hydrogen-bond donors (Lipinski definition) is 1. The average molecular weight is 372 g/mol. The number of ether oxygens (including phenoxy) is 1. The monoisotopic (exact) mass is 372 g/mol. The van der Waals surface area contributed by atoms with Crippen molar-refractivity contribution in [3.8, 4) is 5.75 Å². The molecule has 1 fully saturated rings. The van der Waals surface area contributed by atoms with Crippen molar-refractivity contribution in [1.29, 1.82) is 0 Å². The van der Waals surface area contributed by atoms with E-state index in [1.807, 2.05) is 17.5 Å².